The van der Waals surface area contributed by atoms with E-state index in [4.69, 9.17) is 0 Å². The van der Waals surface area contributed by atoms with Crippen LogP contribution >= 0.6 is 0 Å². The molecule has 0 spiro atoms. The summed E-state index contributed by atoms with van der Waals surface area (Å²) in [6, 6.07) is 10.3. The van der Waals surface area contributed by atoms with E-state index in [0.29, 0.717) is 11.7 Å². The Bertz CT molecular complexity index is 589. The number of allylic oxidation sites excluding steroid dienone is 3. The van der Waals surface area contributed by atoms with Crippen LogP contribution in [0, 0.1) is 17.3 Å². The van der Waals surface area contributed by atoms with Gasteiger partial charge in [-0.05, 0) is 24.5 Å². The summed E-state index contributed by atoms with van der Waals surface area (Å²) in [6.45, 7) is 10.5. The molecule has 19 heavy (non-hydrogen) atoms. The fourth-order valence-corrected chi connectivity index (χ4v) is 3.92. The van der Waals surface area contributed by atoms with Crippen LogP contribution in [0.25, 0.3) is 5.57 Å². The van der Waals surface area contributed by atoms with Gasteiger partial charge < -0.3 is 0 Å². The minimum absolute atomic E-state index is 0.0404. The largest absolute Gasteiger partial charge is 0.298 e. The minimum Gasteiger partial charge on any atom is -0.298 e. The van der Waals surface area contributed by atoms with Crippen molar-refractivity contribution in [2.45, 2.75) is 27.2 Å². The number of benzene rings is 1. The predicted octanol–water partition coefficient (Wildman–Crippen LogP) is 4.26. The van der Waals surface area contributed by atoms with Gasteiger partial charge in [0, 0.05) is 11.3 Å². The van der Waals surface area contributed by atoms with E-state index in [-0.39, 0.29) is 11.3 Å². The van der Waals surface area contributed by atoms with Crippen molar-refractivity contribution < 1.29 is 4.79 Å². The van der Waals surface area contributed by atoms with Crippen molar-refractivity contribution >= 4 is 11.4 Å². The molecule has 1 aromatic carbocycles. The Hall–Kier alpha value is -1.63. The lowest BCUT2D eigenvalue weighted by Crippen LogP contribution is -2.56. The highest BCUT2D eigenvalue weighted by Crippen LogP contribution is 2.59. The first-order valence-electron chi connectivity index (χ1n) is 6.91. The summed E-state index contributed by atoms with van der Waals surface area (Å²) >= 11 is 0. The van der Waals surface area contributed by atoms with E-state index in [9.17, 15) is 4.79 Å². The first-order valence-corrected chi connectivity index (χ1v) is 6.91. The zero-order valence-corrected chi connectivity index (χ0v) is 11.9. The third-order valence-electron chi connectivity index (χ3n) is 4.82. The Morgan fingerprint density at radius 1 is 1.21 bits per heavy atom. The van der Waals surface area contributed by atoms with Crippen molar-refractivity contribution in [2.75, 3.05) is 0 Å². The van der Waals surface area contributed by atoms with Gasteiger partial charge >= 0.3 is 0 Å². The van der Waals surface area contributed by atoms with Gasteiger partial charge in [0.25, 0.3) is 0 Å². The third kappa shape index (κ3) is 1.57. The quantitative estimate of drug-likeness (QED) is 0.682. The van der Waals surface area contributed by atoms with Crippen molar-refractivity contribution in [3.8, 4) is 0 Å². The van der Waals surface area contributed by atoms with Gasteiger partial charge in [0.2, 0.25) is 0 Å². The lowest BCUT2D eigenvalue weighted by atomic mass is 9.47. The number of hydrogen-bond donors (Lipinski definition) is 0. The molecule has 0 unspecified atom stereocenters. The Labute approximate surface area is 115 Å². The molecule has 0 radical (unpaired) electrons. The van der Waals surface area contributed by atoms with E-state index in [1.165, 1.54) is 22.3 Å². The highest BCUT2D eigenvalue weighted by Gasteiger charge is 2.59. The number of hydrogen-bond acceptors (Lipinski definition) is 1. The van der Waals surface area contributed by atoms with E-state index in [1.807, 2.05) is 18.2 Å². The fourth-order valence-electron chi connectivity index (χ4n) is 3.92. The molecule has 1 fully saturated rings. The van der Waals surface area contributed by atoms with Gasteiger partial charge in [-0.1, -0.05) is 61.9 Å². The Morgan fingerprint density at radius 2 is 1.84 bits per heavy atom. The molecule has 0 bridgehead atoms. The molecule has 1 saturated carbocycles. The van der Waals surface area contributed by atoms with Gasteiger partial charge in [-0.15, -0.1) is 0 Å². The van der Waals surface area contributed by atoms with Crippen molar-refractivity contribution in [1.29, 1.82) is 0 Å². The summed E-state index contributed by atoms with van der Waals surface area (Å²) in [5.41, 5.74) is 4.75. The Kier molecular flexibility index (Phi) is 2.57. The van der Waals surface area contributed by atoms with E-state index >= 15 is 0 Å². The second-order valence-electron chi connectivity index (χ2n) is 6.44. The molecule has 1 aromatic rings. The van der Waals surface area contributed by atoms with Crippen molar-refractivity contribution in [3.63, 3.8) is 0 Å². The lowest BCUT2D eigenvalue weighted by Gasteiger charge is -2.54. The number of Topliss-reactive ketones (excluding diaryl/α,β-unsaturated/α-hetero) is 1. The number of carbonyl (C=O) groups excluding carboxylic acids is 1. The Morgan fingerprint density at radius 3 is 2.47 bits per heavy atom. The van der Waals surface area contributed by atoms with Gasteiger partial charge in [0.1, 0.15) is 5.78 Å². The van der Waals surface area contributed by atoms with Gasteiger partial charge in [-0.3, -0.25) is 4.79 Å². The van der Waals surface area contributed by atoms with Gasteiger partial charge in [-0.2, -0.15) is 0 Å². The van der Waals surface area contributed by atoms with E-state index in [1.54, 1.807) is 0 Å². The molecule has 1 nitrogen and oxygen atoms in total. The van der Waals surface area contributed by atoms with Crippen LogP contribution in [0.3, 0.4) is 0 Å². The van der Waals surface area contributed by atoms with Crippen LogP contribution in [-0.2, 0) is 4.79 Å². The van der Waals surface area contributed by atoms with Crippen LogP contribution in [-0.4, -0.2) is 5.78 Å². The average Bonchev–Trinajstić information content (AvgIpc) is 2.38. The summed E-state index contributed by atoms with van der Waals surface area (Å²) in [5.74, 6) is 0.731. The summed E-state index contributed by atoms with van der Waals surface area (Å²) < 4.78 is 0. The molecule has 98 valence electrons. The molecule has 2 atom stereocenters. The normalized spacial score (nSPS) is 29.0. The molecule has 1 heteroatoms. The molecular weight excluding hydrogens is 232 g/mol. The maximum Gasteiger partial charge on any atom is 0.147 e. The van der Waals surface area contributed by atoms with Gasteiger partial charge in [-0.25, -0.2) is 0 Å². The van der Waals surface area contributed by atoms with E-state index in [2.05, 4.69) is 39.5 Å². The van der Waals surface area contributed by atoms with Gasteiger partial charge in [0.05, 0.1) is 5.92 Å². The van der Waals surface area contributed by atoms with Crippen LogP contribution in [0.1, 0.15) is 32.8 Å². The standard InChI is InChI=1S/C18H20O/c1-11-10-12(2)16-15(17(19)18(16,3)4)14(11)13-8-6-5-7-9-13/h5-9,15-16H,2,10H2,1,3-4H3/t15-,16+/m1/s1. The Balaban J connectivity index is 2.12. The molecule has 2 aliphatic rings. The molecule has 3 rings (SSSR count). The van der Waals surface area contributed by atoms with Crippen LogP contribution < -0.4 is 0 Å². The monoisotopic (exact) mass is 252 g/mol. The molecule has 0 heterocycles. The summed E-state index contributed by atoms with van der Waals surface area (Å²) in [7, 11) is 0. The number of rotatable bonds is 1. The van der Waals surface area contributed by atoms with Crippen LogP contribution in [0.4, 0.5) is 0 Å². The summed E-state index contributed by atoms with van der Waals surface area (Å²) in [4.78, 5) is 12.5. The molecule has 0 aromatic heterocycles. The van der Waals surface area contributed by atoms with Crippen molar-refractivity contribution in [1.82, 2.24) is 0 Å². The molecule has 0 amide bonds. The smallest absolute Gasteiger partial charge is 0.147 e. The zero-order chi connectivity index (χ0) is 13.8. The van der Waals surface area contributed by atoms with Crippen LogP contribution in [0.5, 0.6) is 0 Å². The molecule has 0 N–H and O–H groups in total. The first kappa shape index (κ1) is 12.4. The SMILES string of the molecule is C=C1CC(C)=C(c2ccccc2)[C@H]2C(=O)C(C)(C)[C@@H]12. The second kappa shape index (κ2) is 3.93. The average molecular weight is 252 g/mol. The minimum atomic E-state index is -0.234. The van der Waals surface area contributed by atoms with Crippen molar-refractivity contribution in [2.24, 2.45) is 17.3 Å². The van der Waals surface area contributed by atoms with Crippen LogP contribution in [0.15, 0.2) is 48.1 Å². The molecule has 0 aliphatic heterocycles. The molecule has 2 aliphatic carbocycles. The molecular formula is C18H20O. The zero-order valence-electron chi connectivity index (χ0n) is 11.9. The van der Waals surface area contributed by atoms with Crippen molar-refractivity contribution in [3.05, 3.63) is 53.6 Å². The highest BCUT2D eigenvalue weighted by atomic mass is 16.1. The third-order valence-corrected chi connectivity index (χ3v) is 4.82. The number of ketones is 1. The number of fused-ring (bicyclic) bond motifs is 1. The number of carbonyl (C=O) groups is 1. The maximum absolute atomic E-state index is 12.5. The highest BCUT2D eigenvalue weighted by molar-refractivity contribution is 6.05. The topological polar surface area (TPSA) is 17.1 Å². The van der Waals surface area contributed by atoms with Crippen LogP contribution in [0.2, 0.25) is 0 Å². The summed E-state index contributed by atoms with van der Waals surface area (Å²) in [5, 5.41) is 0. The first-order chi connectivity index (χ1) is 8.94. The lowest BCUT2D eigenvalue weighted by molar-refractivity contribution is -0.146. The van der Waals surface area contributed by atoms with Gasteiger partial charge in [0.15, 0.2) is 0 Å². The predicted molar refractivity (Wildman–Crippen MR) is 78.6 cm³/mol. The molecule has 0 saturated heterocycles. The van der Waals surface area contributed by atoms with E-state index in [0.717, 1.165) is 6.42 Å². The fraction of sp³-hybridized carbons (Fsp3) is 0.389. The summed E-state index contributed by atoms with van der Waals surface area (Å²) in [6.07, 6.45) is 0.933. The second-order valence-corrected chi connectivity index (χ2v) is 6.44. The van der Waals surface area contributed by atoms with E-state index < -0.39 is 0 Å². The maximum atomic E-state index is 12.5.